The van der Waals surface area contributed by atoms with Gasteiger partial charge in [-0.05, 0) is 54.5 Å². The van der Waals surface area contributed by atoms with E-state index in [9.17, 15) is 4.79 Å². The zero-order valence-corrected chi connectivity index (χ0v) is 13.0. The van der Waals surface area contributed by atoms with Gasteiger partial charge < -0.3 is 10.6 Å². The fourth-order valence-electron chi connectivity index (χ4n) is 1.33. The smallest absolute Gasteiger partial charge is 0.220 e. The van der Waals surface area contributed by atoms with E-state index >= 15 is 0 Å². The average molecular weight is 342 g/mol. The number of hydrogen-bond acceptors (Lipinski definition) is 3. The van der Waals surface area contributed by atoms with Crippen LogP contribution in [-0.2, 0) is 11.2 Å². The number of carbonyl (C=O) groups is 1. The predicted molar refractivity (Wildman–Crippen MR) is 79.1 cm³/mol. The second-order valence-corrected chi connectivity index (χ2v) is 6.06. The third-order valence-corrected chi connectivity index (χ3v) is 3.84. The zero-order chi connectivity index (χ0) is 11.8. The first-order chi connectivity index (χ1) is 7.72. The number of hydrogen-bond donors (Lipinski definition) is 2. The van der Waals surface area contributed by atoms with Crippen molar-refractivity contribution in [1.82, 2.24) is 10.6 Å². The van der Waals surface area contributed by atoms with Crippen LogP contribution in [-0.4, -0.2) is 26.0 Å². The molecular formula is C11H18BrClN2OS. The van der Waals surface area contributed by atoms with Crippen LogP contribution < -0.4 is 10.6 Å². The standard InChI is InChI=1S/C11H17BrN2OS.ClH/c1-13-7-2-3-11(15)14-8-6-9-4-5-10(12)16-9;/h4-5,13H,2-3,6-8H2,1H3,(H,14,15);1H. The van der Waals surface area contributed by atoms with Gasteiger partial charge in [-0.2, -0.15) is 0 Å². The van der Waals surface area contributed by atoms with Gasteiger partial charge in [0.05, 0.1) is 3.79 Å². The van der Waals surface area contributed by atoms with Gasteiger partial charge >= 0.3 is 0 Å². The maximum atomic E-state index is 11.4. The Bertz CT molecular complexity index is 333. The van der Waals surface area contributed by atoms with E-state index in [4.69, 9.17) is 0 Å². The van der Waals surface area contributed by atoms with Crippen molar-refractivity contribution in [3.63, 3.8) is 0 Å². The monoisotopic (exact) mass is 340 g/mol. The van der Waals surface area contributed by atoms with Crippen molar-refractivity contribution in [2.75, 3.05) is 20.1 Å². The summed E-state index contributed by atoms with van der Waals surface area (Å²) in [5.41, 5.74) is 0. The lowest BCUT2D eigenvalue weighted by atomic mass is 10.3. The van der Waals surface area contributed by atoms with Gasteiger partial charge in [0, 0.05) is 17.8 Å². The summed E-state index contributed by atoms with van der Waals surface area (Å²) in [5.74, 6) is 0.144. The van der Waals surface area contributed by atoms with Crippen molar-refractivity contribution >= 4 is 45.6 Å². The Morgan fingerprint density at radius 3 is 2.76 bits per heavy atom. The topological polar surface area (TPSA) is 41.1 Å². The van der Waals surface area contributed by atoms with Crippen LogP contribution in [0.2, 0.25) is 0 Å². The van der Waals surface area contributed by atoms with Gasteiger partial charge in [-0.15, -0.1) is 23.7 Å². The molecule has 1 aromatic rings. The van der Waals surface area contributed by atoms with E-state index in [2.05, 4.69) is 32.6 Å². The molecule has 0 unspecified atom stereocenters. The molecule has 98 valence electrons. The Morgan fingerprint density at radius 1 is 1.41 bits per heavy atom. The molecule has 1 amide bonds. The number of rotatable bonds is 7. The molecule has 3 nitrogen and oxygen atoms in total. The van der Waals surface area contributed by atoms with Gasteiger partial charge in [0.1, 0.15) is 0 Å². The lowest BCUT2D eigenvalue weighted by Crippen LogP contribution is -2.26. The van der Waals surface area contributed by atoms with E-state index < -0.39 is 0 Å². The van der Waals surface area contributed by atoms with Gasteiger partial charge in [-0.1, -0.05) is 0 Å². The molecule has 0 aromatic carbocycles. The van der Waals surface area contributed by atoms with Crippen LogP contribution in [0.3, 0.4) is 0 Å². The van der Waals surface area contributed by atoms with Crippen molar-refractivity contribution in [3.8, 4) is 0 Å². The first-order valence-corrected chi connectivity index (χ1v) is 6.99. The van der Waals surface area contributed by atoms with E-state index in [1.807, 2.05) is 13.1 Å². The van der Waals surface area contributed by atoms with Crippen LogP contribution in [0.4, 0.5) is 0 Å². The Morgan fingerprint density at radius 2 is 2.18 bits per heavy atom. The third-order valence-electron chi connectivity index (χ3n) is 2.15. The summed E-state index contributed by atoms with van der Waals surface area (Å²) in [4.78, 5) is 12.7. The molecule has 17 heavy (non-hydrogen) atoms. The van der Waals surface area contributed by atoms with Crippen molar-refractivity contribution in [2.45, 2.75) is 19.3 Å². The Balaban J connectivity index is 0.00000256. The summed E-state index contributed by atoms with van der Waals surface area (Å²) in [7, 11) is 1.90. The average Bonchev–Trinajstić information content (AvgIpc) is 2.65. The molecule has 0 spiro atoms. The SMILES string of the molecule is CNCCCC(=O)NCCc1ccc(Br)s1.Cl. The molecule has 1 rings (SSSR count). The molecule has 0 aliphatic carbocycles. The summed E-state index contributed by atoms with van der Waals surface area (Å²) >= 11 is 5.14. The molecule has 0 aliphatic rings. The van der Waals surface area contributed by atoms with Crippen molar-refractivity contribution in [1.29, 1.82) is 0 Å². The van der Waals surface area contributed by atoms with E-state index in [-0.39, 0.29) is 18.3 Å². The number of halogens is 2. The molecule has 0 bridgehead atoms. The summed E-state index contributed by atoms with van der Waals surface area (Å²) in [6, 6.07) is 4.12. The summed E-state index contributed by atoms with van der Waals surface area (Å²) in [6.45, 7) is 1.62. The first kappa shape index (κ1) is 16.9. The maximum absolute atomic E-state index is 11.4. The van der Waals surface area contributed by atoms with Crippen LogP contribution in [0, 0.1) is 0 Å². The van der Waals surface area contributed by atoms with Gasteiger partial charge in [0.2, 0.25) is 5.91 Å². The molecule has 0 aliphatic heterocycles. The molecule has 0 atom stereocenters. The highest BCUT2D eigenvalue weighted by Crippen LogP contribution is 2.21. The van der Waals surface area contributed by atoms with Gasteiger partial charge in [-0.3, -0.25) is 4.79 Å². The normalized spacial score (nSPS) is 9.76. The largest absolute Gasteiger partial charge is 0.356 e. The minimum atomic E-state index is 0. The van der Waals surface area contributed by atoms with E-state index in [1.165, 1.54) is 4.88 Å². The van der Waals surface area contributed by atoms with Gasteiger partial charge in [-0.25, -0.2) is 0 Å². The predicted octanol–water partition coefficient (Wildman–Crippen LogP) is 2.59. The van der Waals surface area contributed by atoms with Crippen LogP contribution in [0.1, 0.15) is 17.7 Å². The molecule has 0 radical (unpaired) electrons. The number of thiophene rings is 1. The fraction of sp³-hybridized carbons (Fsp3) is 0.545. The minimum absolute atomic E-state index is 0. The summed E-state index contributed by atoms with van der Waals surface area (Å²) in [5, 5.41) is 5.95. The number of carbonyl (C=O) groups excluding carboxylic acids is 1. The molecule has 6 heteroatoms. The van der Waals surface area contributed by atoms with Crippen LogP contribution in [0.25, 0.3) is 0 Å². The number of nitrogens with one attached hydrogen (secondary N) is 2. The second-order valence-electron chi connectivity index (χ2n) is 3.51. The van der Waals surface area contributed by atoms with Crippen molar-refractivity contribution < 1.29 is 4.79 Å². The lowest BCUT2D eigenvalue weighted by molar-refractivity contribution is -0.121. The highest BCUT2D eigenvalue weighted by molar-refractivity contribution is 9.11. The fourth-order valence-corrected chi connectivity index (χ4v) is 2.81. The Labute approximate surface area is 121 Å². The Kier molecular flexibility index (Phi) is 9.82. The van der Waals surface area contributed by atoms with Crippen LogP contribution in [0.5, 0.6) is 0 Å². The van der Waals surface area contributed by atoms with Crippen LogP contribution in [0.15, 0.2) is 15.9 Å². The molecule has 1 heterocycles. The Hall–Kier alpha value is -0.100. The van der Waals surface area contributed by atoms with Crippen LogP contribution >= 0.6 is 39.7 Å². The molecule has 0 saturated heterocycles. The third kappa shape index (κ3) is 7.76. The lowest BCUT2D eigenvalue weighted by Gasteiger charge is -2.03. The molecule has 0 fully saturated rings. The van der Waals surface area contributed by atoms with Gasteiger partial charge in [0.15, 0.2) is 0 Å². The molecule has 2 N–H and O–H groups in total. The summed E-state index contributed by atoms with van der Waals surface area (Å²) in [6.07, 6.45) is 2.41. The van der Waals surface area contributed by atoms with E-state index in [0.717, 1.165) is 29.7 Å². The van der Waals surface area contributed by atoms with Crippen molar-refractivity contribution in [3.05, 3.63) is 20.8 Å². The van der Waals surface area contributed by atoms with Crippen molar-refractivity contribution in [2.24, 2.45) is 0 Å². The van der Waals surface area contributed by atoms with Gasteiger partial charge in [0.25, 0.3) is 0 Å². The second kappa shape index (κ2) is 9.88. The molecular weight excluding hydrogens is 324 g/mol. The first-order valence-electron chi connectivity index (χ1n) is 5.38. The maximum Gasteiger partial charge on any atom is 0.220 e. The molecule has 0 saturated carbocycles. The number of amides is 1. The highest BCUT2D eigenvalue weighted by Gasteiger charge is 2.01. The highest BCUT2D eigenvalue weighted by atomic mass is 79.9. The summed E-state index contributed by atoms with van der Waals surface area (Å²) < 4.78 is 1.14. The molecule has 1 aromatic heterocycles. The zero-order valence-electron chi connectivity index (χ0n) is 9.79. The van der Waals surface area contributed by atoms with E-state index in [0.29, 0.717) is 6.42 Å². The van der Waals surface area contributed by atoms with E-state index in [1.54, 1.807) is 11.3 Å². The quantitative estimate of drug-likeness (QED) is 0.749. The minimum Gasteiger partial charge on any atom is -0.356 e.